The highest BCUT2D eigenvalue weighted by molar-refractivity contribution is 7.89. The van der Waals surface area contributed by atoms with E-state index in [9.17, 15) is 13.2 Å². The summed E-state index contributed by atoms with van der Waals surface area (Å²) in [6.45, 7) is 2.21. The third kappa shape index (κ3) is 2.82. The van der Waals surface area contributed by atoms with Crippen molar-refractivity contribution >= 4 is 27.4 Å². The number of aryl methyl sites for hydroxylation is 1. The van der Waals surface area contributed by atoms with Crippen LogP contribution >= 0.6 is 11.6 Å². The van der Waals surface area contributed by atoms with E-state index in [4.69, 9.17) is 16.3 Å². The normalized spacial score (nSPS) is 23.1. The van der Waals surface area contributed by atoms with Gasteiger partial charge in [0, 0.05) is 18.0 Å². The van der Waals surface area contributed by atoms with Crippen LogP contribution in [-0.2, 0) is 10.0 Å². The molecule has 2 aromatic carbocycles. The van der Waals surface area contributed by atoms with Gasteiger partial charge in [-0.25, -0.2) is 8.42 Å². The number of sulfonamides is 1. The molecule has 136 valence electrons. The van der Waals surface area contributed by atoms with E-state index in [0.29, 0.717) is 34.9 Å². The largest absolute Gasteiger partial charge is 0.485 e. The first kappa shape index (κ1) is 17.5. The maximum absolute atomic E-state index is 13.1. The third-order valence-electron chi connectivity index (χ3n) is 5.05. The first-order valence-electron chi connectivity index (χ1n) is 8.38. The summed E-state index contributed by atoms with van der Waals surface area (Å²) in [4.78, 5) is 12.7. The molecular weight excluding hydrogens is 374 g/mol. The number of para-hydroxylation sites is 1. The fourth-order valence-corrected chi connectivity index (χ4v) is 5.68. The zero-order valence-corrected chi connectivity index (χ0v) is 15.8. The Balaban J connectivity index is 1.65. The average Bonchev–Trinajstić information content (AvgIpc) is 3.01. The lowest BCUT2D eigenvalue weighted by molar-refractivity contribution is 0.0498. The smallest absolute Gasteiger partial charge is 0.243 e. The van der Waals surface area contributed by atoms with Crippen LogP contribution in [0.2, 0.25) is 5.02 Å². The van der Waals surface area contributed by atoms with Gasteiger partial charge in [0.2, 0.25) is 10.0 Å². The van der Waals surface area contributed by atoms with Crippen LogP contribution in [0, 0.1) is 6.92 Å². The predicted molar refractivity (Wildman–Crippen MR) is 98.3 cm³/mol. The maximum atomic E-state index is 13.1. The van der Waals surface area contributed by atoms with Gasteiger partial charge in [-0.05, 0) is 36.8 Å². The van der Waals surface area contributed by atoms with E-state index in [-0.39, 0.29) is 23.6 Å². The molecule has 0 aromatic heterocycles. The van der Waals surface area contributed by atoms with Crippen LogP contribution in [0.15, 0.2) is 47.4 Å². The molecule has 1 atom stereocenters. The van der Waals surface area contributed by atoms with Gasteiger partial charge in [0.15, 0.2) is 5.78 Å². The SMILES string of the molecule is Cc1ccc(Cl)cc1S(=O)(=O)N1CCC2(CC(=O)c3ccccc3O2)C1. The molecule has 0 radical (unpaired) electrons. The Labute approximate surface area is 157 Å². The molecule has 2 aliphatic rings. The standard InChI is InChI=1S/C19H18ClNO4S/c1-13-6-7-14(20)10-18(13)26(23,24)21-9-8-19(12-21)11-16(22)15-4-2-3-5-17(15)25-19/h2-7,10H,8-9,11-12H2,1H3. The van der Waals surface area contributed by atoms with Crippen molar-refractivity contribution in [2.75, 3.05) is 13.1 Å². The number of ketones is 1. The summed E-state index contributed by atoms with van der Waals surface area (Å²) in [5.41, 5.74) is 0.400. The summed E-state index contributed by atoms with van der Waals surface area (Å²) < 4.78 is 33.7. The Bertz CT molecular complexity index is 1000. The third-order valence-corrected chi connectivity index (χ3v) is 7.27. The van der Waals surface area contributed by atoms with E-state index in [2.05, 4.69) is 0 Å². The molecule has 0 N–H and O–H groups in total. The summed E-state index contributed by atoms with van der Waals surface area (Å²) in [7, 11) is -3.70. The number of Topliss-reactive ketones (excluding diaryl/α,β-unsaturated/α-hetero) is 1. The zero-order chi connectivity index (χ0) is 18.5. The quantitative estimate of drug-likeness (QED) is 0.786. The molecule has 5 nitrogen and oxygen atoms in total. The van der Waals surface area contributed by atoms with Gasteiger partial charge in [0.1, 0.15) is 11.4 Å². The van der Waals surface area contributed by atoms with Crippen molar-refractivity contribution in [2.24, 2.45) is 0 Å². The van der Waals surface area contributed by atoms with Crippen LogP contribution in [0.4, 0.5) is 0 Å². The minimum atomic E-state index is -3.70. The molecule has 0 aliphatic carbocycles. The van der Waals surface area contributed by atoms with Crippen LogP contribution < -0.4 is 4.74 Å². The molecule has 1 spiro atoms. The molecule has 1 fully saturated rings. The van der Waals surface area contributed by atoms with E-state index in [1.807, 2.05) is 6.07 Å². The number of halogens is 1. The molecule has 0 bridgehead atoms. The lowest BCUT2D eigenvalue weighted by Crippen LogP contribution is -2.45. The summed E-state index contributed by atoms with van der Waals surface area (Å²) in [5.74, 6) is 0.520. The number of ether oxygens (including phenoxy) is 1. The van der Waals surface area contributed by atoms with Crippen molar-refractivity contribution in [2.45, 2.75) is 30.3 Å². The van der Waals surface area contributed by atoms with Gasteiger partial charge in [0.25, 0.3) is 0 Å². The molecule has 2 aliphatic heterocycles. The highest BCUT2D eigenvalue weighted by Crippen LogP contribution is 2.40. The summed E-state index contributed by atoms with van der Waals surface area (Å²) >= 11 is 5.99. The van der Waals surface area contributed by atoms with E-state index in [0.717, 1.165) is 0 Å². The van der Waals surface area contributed by atoms with Gasteiger partial charge >= 0.3 is 0 Å². The summed E-state index contributed by atoms with van der Waals surface area (Å²) in [6.07, 6.45) is 0.663. The van der Waals surface area contributed by atoms with Crippen molar-refractivity contribution in [1.82, 2.24) is 4.31 Å². The summed E-state index contributed by atoms with van der Waals surface area (Å²) in [6, 6.07) is 11.9. The van der Waals surface area contributed by atoms with Crippen LogP contribution in [0.5, 0.6) is 5.75 Å². The van der Waals surface area contributed by atoms with Gasteiger partial charge in [-0.15, -0.1) is 0 Å². The van der Waals surface area contributed by atoms with Crippen molar-refractivity contribution in [3.05, 3.63) is 58.6 Å². The van der Waals surface area contributed by atoms with Crippen LogP contribution in [0.1, 0.15) is 28.8 Å². The van der Waals surface area contributed by atoms with Crippen LogP contribution in [0.3, 0.4) is 0 Å². The summed E-state index contributed by atoms with van der Waals surface area (Å²) in [5, 5.41) is 0.376. The van der Waals surface area contributed by atoms with Gasteiger partial charge in [-0.1, -0.05) is 29.8 Å². The minimum absolute atomic E-state index is 0.00923. The van der Waals surface area contributed by atoms with Crippen molar-refractivity contribution < 1.29 is 17.9 Å². The Morgan fingerprint density at radius 2 is 1.96 bits per heavy atom. The van der Waals surface area contributed by atoms with Crippen molar-refractivity contribution in [3.8, 4) is 5.75 Å². The molecule has 2 aromatic rings. The average molecular weight is 392 g/mol. The second kappa shape index (κ2) is 6.08. The number of hydrogen-bond acceptors (Lipinski definition) is 4. The first-order valence-corrected chi connectivity index (χ1v) is 10.2. The van der Waals surface area contributed by atoms with Gasteiger partial charge < -0.3 is 4.74 Å². The molecule has 26 heavy (non-hydrogen) atoms. The fourth-order valence-electron chi connectivity index (χ4n) is 3.67. The van der Waals surface area contributed by atoms with E-state index in [1.165, 1.54) is 10.4 Å². The maximum Gasteiger partial charge on any atom is 0.243 e. The predicted octanol–water partition coefficient (Wildman–Crippen LogP) is 3.45. The molecular formula is C19H18ClNO4S. The Kier molecular flexibility index (Phi) is 4.10. The fraction of sp³-hybridized carbons (Fsp3) is 0.316. The topological polar surface area (TPSA) is 63.7 Å². The Hall–Kier alpha value is -1.89. The first-order chi connectivity index (χ1) is 12.3. The molecule has 2 heterocycles. The molecule has 7 heteroatoms. The molecule has 1 saturated heterocycles. The van der Waals surface area contributed by atoms with E-state index in [1.54, 1.807) is 37.3 Å². The lowest BCUT2D eigenvalue weighted by Gasteiger charge is -2.34. The second-order valence-electron chi connectivity index (χ2n) is 6.88. The monoisotopic (exact) mass is 391 g/mol. The number of carbonyl (C=O) groups excluding carboxylic acids is 1. The lowest BCUT2D eigenvalue weighted by atomic mass is 9.89. The number of hydrogen-bond donors (Lipinski definition) is 0. The van der Waals surface area contributed by atoms with E-state index >= 15 is 0 Å². The van der Waals surface area contributed by atoms with Crippen molar-refractivity contribution in [3.63, 3.8) is 0 Å². The number of rotatable bonds is 2. The highest BCUT2D eigenvalue weighted by atomic mass is 35.5. The van der Waals surface area contributed by atoms with Crippen molar-refractivity contribution in [1.29, 1.82) is 0 Å². The molecule has 0 amide bonds. The number of nitrogens with zero attached hydrogens (tertiary/aromatic N) is 1. The Morgan fingerprint density at radius 1 is 1.19 bits per heavy atom. The number of benzene rings is 2. The number of fused-ring (bicyclic) bond motifs is 1. The van der Waals surface area contributed by atoms with E-state index < -0.39 is 15.6 Å². The molecule has 0 saturated carbocycles. The Morgan fingerprint density at radius 3 is 2.77 bits per heavy atom. The highest BCUT2D eigenvalue weighted by Gasteiger charge is 2.49. The number of carbonyl (C=O) groups is 1. The molecule has 1 unspecified atom stereocenters. The second-order valence-corrected chi connectivity index (χ2v) is 9.22. The van der Waals surface area contributed by atoms with Crippen LogP contribution in [-0.4, -0.2) is 37.2 Å². The zero-order valence-electron chi connectivity index (χ0n) is 14.2. The minimum Gasteiger partial charge on any atom is -0.485 e. The van der Waals surface area contributed by atoms with Crippen LogP contribution in [0.25, 0.3) is 0 Å². The molecule has 4 rings (SSSR count). The van der Waals surface area contributed by atoms with Gasteiger partial charge in [-0.2, -0.15) is 4.31 Å². The van der Waals surface area contributed by atoms with Gasteiger partial charge in [0.05, 0.1) is 23.4 Å². The van der Waals surface area contributed by atoms with Gasteiger partial charge in [-0.3, -0.25) is 4.79 Å².